The molecule has 1 aromatic heterocycles. The van der Waals surface area contributed by atoms with Crippen molar-refractivity contribution in [1.29, 1.82) is 0 Å². The molecule has 0 atom stereocenters. The van der Waals surface area contributed by atoms with Gasteiger partial charge in [0.1, 0.15) is 12.4 Å². The molecule has 0 aliphatic rings. The Hall–Kier alpha value is -2.84. The molecule has 0 spiro atoms. The van der Waals surface area contributed by atoms with Crippen LogP contribution in [0.15, 0.2) is 42.5 Å². The van der Waals surface area contributed by atoms with Crippen molar-refractivity contribution in [3.63, 3.8) is 0 Å². The molecule has 0 saturated heterocycles. The number of aromatic nitrogens is 3. The van der Waals surface area contributed by atoms with Gasteiger partial charge in [-0.05, 0) is 55.0 Å². The van der Waals surface area contributed by atoms with Crippen LogP contribution < -0.4 is 14.8 Å². The zero-order valence-electron chi connectivity index (χ0n) is 16.8. The molecule has 0 saturated carbocycles. The number of H-pyrrole nitrogens is 1. The second-order valence-corrected chi connectivity index (χ2v) is 7.30. The molecule has 3 rings (SSSR count). The topological polar surface area (TPSA) is 81.2 Å². The Kier molecular flexibility index (Phi) is 7.48. The zero-order chi connectivity index (χ0) is 21.5. The highest BCUT2D eigenvalue weighted by molar-refractivity contribution is 7.71. The smallest absolute Gasteiger partial charge is 0.251 e. The van der Waals surface area contributed by atoms with Crippen molar-refractivity contribution in [3.8, 4) is 11.5 Å². The van der Waals surface area contributed by atoms with Crippen LogP contribution in [0.5, 0.6) is 11.5 Å². The van der Waals surface area contributed by atoms with Crippen molar-refractivity contribution in [2.24, 2.45) is 0 Å². The number of nitrogens with one attached hydrogen (secondary N) is 2. The van der Waals surface area contributed by atoms with Gasteiger partial charge >= 0.3 is 0 Å². The van der Waals surface area contributed by atoms with Crippen LogP contribution in [0, 0.1) is 4.77 Å². The average Bonchev–Trinajstić information content (AvgIpc) is 3.12. The molecule has 1 amide bonds. The third-order valence-electron chi connectivity index (χ3n) is 4.52. The molecule has 158 valence electrons. The molecule has 2 aromatic carbocycles. The number of rotatable bonds is 9. The van der Waals surface area contributed by atoms with Crippen molar-refractivity contribution in [2.45, 2.75) is 26.5 Å². The highest BCUT2D eigenvalue weighted by Crippen LogP contribution is 2.29. The van der Waals surface area contributed by atoms with Crippen LogP contribution in [0.25, 0.3) is 0 Å². The molecule has 3 aromatic rings. The normalized spacial score (nSPS) is 10.6. The Balaban J connectivity index is 1.59. The van der Waals surface area contributed by atoms with Crippen LogP contribution >= 0.6 is 23.8 Å². The molecule has 30 heavy (non-hydrogen) atoms. The Morgan fingerprint density at radius 3 is 2.70 bits per heavy atom. The number of benzene rings is 2. The van der Waals surface area contributed by atoms with E-state index in [0.717, 1.165) is 17.9 Å². The fourth-order valence-electron chi connectivity index (χ4n) is 2.93. The van der Waals surface area contributed by atoms with Gasteiger partial charge in [-0.15, -0.1) is 0 Å². The van der Waals surface area contributed by atoms with Gasteiger partial charge in [0.15, 0.2) is 16.3 Å². The molecule has 0 aliphatic carbocycles. The summed E-state index contributed by atoms with van der Waals surface area (Å²) in [6.45, 7) is 3.53. The molecule has 0 radical (unpaired) electrons. The van der Waals surface area contributed by atoms with Gasteiger partial charge in [-0.1, -0.05) is 23.7 Å². The number of halogens is 1. The van der Waals surface area contributed by atoms with Crippen molar-refractivity contribution in [2.75, 3.05) is 13.7 Å². The maximum absolute atomic E-state index is 12.5. The summed E-state index contributed by atoms with van der Waals surface area (Å²) < 4.78 is 13.7. The number of hydrogen-bond acceptors (Lipinski definition) is 5. The van der Waals surface area contributed by atoms with Gasteiger partial charge in [-0.25, -0.2) is 0 Å². The van der Waals surface area contributed by atoms with Crippen molar-refractivity contribution >= 4 is 29.7 Å². The Morgan fingerprint density at radius 1 is 1.23 bits per heavy atom. The number of ether oxygens (including phenoxy) is 2. The van der Waals surface area contributed by atoms with E-state index >= 15 is 0 Å². The number of amides is 1. The Morgan fingerprint density at radius 2 is 2.00 bits per heavy atom. The maximum atomic E-state index is 12.5. The summed E-state index contributed by atoms with van der Waals surface area (Å²) >= 11 is 11.1. The molecule has 7 nitrogen and oxygen atoms in total. The van der Waals surface area contributed by atoms with Crippen LogP contribution in [-0.2, 0) is 19.6 Å². The second kappa shape index (κ2) is 10.3. The highest BCUT2D eigenvalue weighted by atomic mass is 35.5. The van der Waals surface area contributed by atoms with Gasteiger partial charge in [0.2, 0.25) is 0 Å². The van der Waals surface area contributed by atoms with Gasteiger partial charge < -0.3 is 19.4 Å². The van der Waals surface area contributed by atoms with Crippen molar-refractivity contribution < 1.29 is 14.3 Å². The molecular weight excluding hydrogens is 424 g/mol. The molecule has 0 aliphatic heterocycles. The fourth-order valence-corrected chi connectivity index (χ4v) is 3.33. The van der Waals surface area contributed by atoms with Crippen LogP contribution in [-0.4, -0.2) is 34.3 Å². The third-order valence-corrected chi connectivity index (χ3v) is 5.08. The van der Waals surface area contributed by atoms with E-state index in [-0.39, 0.29) is 5.91 Å². The maximum Gasteiger partial charge on any atom is 0.251 e. The Bertz CT molecular complexity index is 1060. The first-order valence-corrected chi connectivity index (χ1v) is 10.3. The van der Waals surface area contributed by atoms with E-state index in [4.69, 9.17) is 33.3 Å². The zero-order valence-corrected chi connectivity index (χ0v) is 18.3. The van der Waals surface area contributed by atoms with Crippen LogP contribution in [0.4, 0.5) is 0 Å². The number of methoxy groups -OCH3 is 1. The molecule has 2 N–H and O–H groups in total. The number of aromatic amines is 1. The molecule has 9 heteroatoms. The lowest BCUT2D eigenvalue weighted by Gasteiger charge is -2.12. The molecule has 1 heterocycles. The van der Waals surface area contributed by atoms with Gasteiger partial charge in [0.05, 0.1) is 7.11 Å². The number of carbonyl (C=O) groups excluding carboxylic acids is 1. The number of hydrogen-bond donors (Lipinski definition) is 2. The van der Waals surface area contributed by atoms with Crippen LogP contribution in [0.1, 0.15) is 28.7 Å². The first-order chi connectivity index (χ1) is 14.5. The minimum absolute atomic E-state index is 0.199. The molecule has 0 unspecified atom stereocenters. The van der Waals surface area contributed by atoms with E-state index in [2.05, 4.69) is 15.5 Å². The van der Waals surface area contributed by atoms with Crippen molar-refractivity contribution in [3.05, 3.63) is 69.2 Å². The summed E-state index contributed by atoms with van der Waals surface area (Å²) in [5.74, 6) is 1.66. The minimum Gasteiger partial charge on any atom is -0.493 e. The average molecular weight is 447 g/mol. The van der Waals surface area contributed by atoms with E-state index in [1.165, 1.54) is 0 Å². The van der Waals surface area contributed by atoms with E-state index in [9.17, 15) is 4.79 Å². The summed E-state index contributed by atoms with van der Waals surface area (Å²) in [6.07, 6.45) is 0.576. The lowest BCUT2D eigenvalue weighted by Crippen LogP contribution is -2.26. The molecule has 0 fully saturated rings. The summed E-state index contributed by atoms with van der Waals surface area (Å²) in [5.41, 5.74) is 1.47. The highest BCUT2D eigenvalue weighted by Gasteiger charge is 2.12. The Labute approximate surface area is 185 Å². The van der Waals surface area contributed by atoms with Crippen LogP contribution in [0.2, 0.25) is 5.02 Å². The van der Waals surface area contributed by atoms with Gasteiger partial charge in [0.25, 0.3) is 5.91 Å². The molecule has 0 bridgehead atoms. The van der Waals surface area contributed by atoms with Gasteiger partial charge in [-0.3, -0.25) is 9.89 Å². The SMILES string of the molecule is CCn1c(CCNC(=O)c2ccc(OCc3ccc(Cl)cc3)c(OC)c2)n[nH]c1=S. The van der Waals surface area contributed by atoms with Crippen LogP contribution in [0.3, 0.4) is 0 Å². The quantitative estimate of drug-likeness (QED) is 0.482. The minimum atomic E-state index is -0.199. The summed E-state index contributed by atoms with van der Waals surface area (Å²) in [4.78, 5) is 12.5. The third kappa shape index (κ3) is 5.40. The summed E-state index contributed by atoms with van der Waals surface area (Å²) in [6, 6.07) is 12.5. The van der Waals surface area contributed by atoms with E-state index in [0.29, 0.717) is 46.4 Å². The van der Waals surface area contributed by atoms with Gasteiger partial charge in [0, 0.05) is 30.1 Å². The van der Waals surface area contributed by atoms with Gasteiger partial charge in [-0.2, -0.15) is 5.10 Å². The van der Waals surface area contributed by atoms with E-state index in [1.54, 1.807) is 25.3 Å². The summed E-state index contributed by atoms with van der Waals surface area (Å²) in [5, 5.41) is 10.5. The van der Waals surface area contributed by atoms with E-state index in [1.807, 2.05) is 35.8 Å². The lowest BCUT2D eigenvalue weighted by molar-refractivity contribution is 0.0953. The second-order valence-electron chi connectivity index (χ2n) is 6.48. The summed E-state index contributed by atoms with van der Waals surface area (Å²) in [7, 11) is 1.54. The first kappa shape index (κ1) is 21.9. The molecular formula is C21H23ClN4O3S. The standard InChI is InChI=1S/C21H23ClN4O3S/c1-3-26-19(24-25-21(26)30)10-11-23-20(27)15-6-9-17(18(12-15)28-2)29-13-14-4-7-16(22)8-5-14/h4-9,12H,3,10-11,13H2,1-2H3,(H,23,27)(H,25,30). The lowest BCUT2D eigenvalue weighted by atomic mass is 10.2. The predicted octanol–water partition coefficient (Wildman–Crippen LogP) is 4.17. The van der Waals surface area contributed by atoms with Crippen molar-refractivity contribution in [1.82, 2.24) is 20.1 Å². The number of nitrogens with zero attached hydrogens (tertiary/aromatic N) is 2. The predicted molar refractivity (Wildman–Crippen MR) is 118 cm³/mol. The van der Waals surface area contributed by atoms with E-state index < -0.39 is 0 Å². The largest absolute Gasteiger partial charge is 0.493 e. The number of carbonyl (C=O) groups is 1. The first-order valence-electron chi connectivity index (χ1n) is 9.49. The monoisotopic (exact) mass is 446 g/mol. The fraction of sp³-hybridized carbons (Fsp3) is 0.286.